The van der Waals surface area contributed by atoms with Crippen LogP contribution in [0.3, 0.4) is 0 Å². The van der Waals surface area contributed by atoms with Crippen molar-refractivity contribution in [1.29, 1.82) is 0 Å². The molecule has 224 valence electrons. The number of fused-ring (bicyclic) bond motifs is 2. The first-order chi connectivity index (χ1) is 19.9. The monoisotopic (exact) mass is 615 g/mol. The summed E-state index contributed by atoms with van der Waals surface area (Å²) in [6, 6.07) is 11.9. The minimum atomic E-state index is -4.05. The van der Waals surface area contributed by atoms with Crippen LogP contribution < -0.4 is 4.90 Å². The Morgan fingerprint density at radius 1 is 1.07 bits per heavy atom. The van der Waals surface area contributed by atoms with Crippen molar-refractivity contribution in [2.24, 2.45) is 0 Å². The van der Waals surface area contributed by atoms with Gasteiger partial charge in [0.15, 0.2) is 9.84 Å². The average molecular weight is 616 g/mol. The Balaban J connectivity index is 1.28. The third-order valence-electron chi connectivity index (χ3n) is 7.05. The van der Waals surface area contributed by atoms with E-state index in [0.29, 0.717) is 48.5 Å². The third kappa shape index (κ3) is 6.25. The average Bonchev–Trinajstić information content (AvgIpc) is 3.52. The number of pyridine rings is 1. The van der Waals surface area contributed by atoms with E-state index in [0.717, 1.165) is 21.7 Å². The molecule has 5 rings (SSSR count). The molecule has 0 unspecified atom stereocenters. The highest BCUT2D eigenvalue weighted by Gasteiger charge is 2.30. The first-order valence-electron chi connectivity index (χ1n) is 13.7. The van der Waals surface area contributed by atoms with Gasteiger partial charge in [0, 0.05) is 62.2 Å². The molecule has 4 heterocycles. The zero-order valence-corrected chi connectivity index (χ0v) is 25.4. The van der Waals surface area contributed by atoms with Crippen LogP contribution in [0.5, 0.6) is 0 Å². The van der Waals surface area contributed by atoms with Crippen molar-refractivity contribution >= 4 is 55.8 Å². The number of nitrogens with zero attached hydrogens (tertiary/aromatic N) is 5. The lowest BCUT2D eigenvalue weighted by Crippen LogP contribution is -2.49. The number of halogens is 1. The van der Waals surface area contributed by atoms with Crippen molar-refractivity contribution in [3.63, 3.8) is 0 Å². The molecule has 0 saturated carbocycles. The van der Waals surface area contributed by atoms with Crippen molar-refractivity contribution in [3.8, 4) is 0 Å². The fourth-order valence-corrected chi connectivity index (χ4v) is 6.69. The highest BCUT2D eigenvalue weighted by molar-refractivity contribution is 7.91. The van der Waals surface area contributed by atoms with Gasteiger partial charge in [-0.25, -0.2) is 22.8 Å². The Morgan fingerprint density at radius 2 is 1.81 bits per heavy atom. The van der Waals surface area contributed by atoms with Crippen LogP contribution in [0.25, 0.3) is 16.6 Å². The first kappa shape index (κ1) is 29.9. The number of aliphatic hydroxyl groups excluding tert-OH is 1. The van der Waals surface area contributed by atoms with E-state index in [1.807, 2.05) is 28.8 Å². The number of rotatable bonds is 7. The Kier molecular flexibility index (Phi) is 8.23. The summed E-state index contributed by atoms with van der Waals surface area (Å²) in [6.07, 6.45) is 1.34. The summed E-state index contributed by atoms with van der Waals surface area (Å²) >= 11 is 6.12. The molecular formula is C29H34ClN5O6S. The molecule has 1 amide bonds. The number of anilines is 1. The molecule has 1 saturated heterocycles. The molecule has 42 heavy (non-hydrogen) atoms. The fourth-order valence-electron chi connectivity index (χ4n) is 5.09. The SMILES string of the molecule is CC(C)(C)OC(=O)n1c(S(=O)(=O)CCC(=O)N2CCN(c3cccc4nc(CCO)cn34)CC2)cc2cc(Cl)ccc21. The summed E-state index contributed by atoms with van der Waals surface area (Å²) in [5.41, 5.74) is 1.09. The number of sulfone groups is 1. The predicted octanol–water partition coefficient (Wildman–Crippen LogP) is 3.77. The number of carbonyl (C=O) groups is 2. The van der Waals surface area contributed by atoms with Crippen LogP contribution in [0.2, 0.25) is 5.02 Å². The largest absolute Gasteiger partial charge is 0.443 e. The van der Waals surface area contributed by atoms with Gasteiger partial charge in [-0.05, 0) is 57.2 Å². The van der Waals surface area contributed by atoms with E-state index in [2.05, 4.69) is 9.88 Å². The van der Waals surface area contributed by atoms with Crippen LogP contribution in [0.15, 0.2) is 53.7 Å². The Labute approximate surface area is 249 Å². The van der Waals surface area contributed by atoms with Gasteiger partial charge in [-0.2, -0.15) is 0 Å². The molecule has 0 radical (unpaired) electrons. The Morgan fingerprint density at radius 3 is 2.50 bits per heavy atom. The smallest absolute Gasteiger partial charge is 0.420 e. The van der Waals surface area contributed by atoms with E-state index in [1.54, 1.807) is 43.9 Å². The number of aliphatic hydroxyl groups is 1. The second-order valence-electron chi connectivity index (χ2n) is 11.3. The minimum absolute atomic E-state index is 0.0212. The van der Waals surface area contributed by atoms with E-state index < -0.39 is 27.3 Å². The molecule has 3 aromatic heterocycles. The Hall–Kier alpha value is -3.61. The number of amides is 1. The van der Waals surface area contributed by atoms with E-state index in [-0.39, 0.29) is 24.0 Å². The van der Waals surface area contributed by atoms with Crippen LogP contribution in [-0.2, 0) is 25.8 Å². The lowest BCUT2D eigenvalue weighted by Gasteiger charge is -2.36. The zero-order chi connectivity index (χ0) is 30.2. The van der Waals surface area contributed by atoms with E-state index in [1.165, 1.54) is 6.07 Å². The summed E-state index contributed by atoms with van der Waals surface area (Å²) in [6.45, 7) is 7.12. The lowest BCUT2D eigenvalue weighted by atomic mass is 10.2. The molecule has 13 heteroatoms. The molecule has 4 aromatic rings. The van der Waals surface area contributed by atoms with Gasteiger partial charge in [0.2, 0.25) is 5.91 Å². The van der Waals surface area contributed by atoms with Crippen molar-refractivity contribution in [2.45, 2.75) is 44.2 Å². The van der Waals surface area contributed by atoms with Crippen LogP contribution >= 0.6 is 11.6 Å². The highest BCUT2D eigenvalue weighted by Crippen LogP contribution is 2.29. The quantitative estimate of drug-likeness (QED) is 0.333. The Bertz CT molecular complexity index is 1750. The normalized spacial score (nSPS) is 14.6. The molecule has 1 N–H and O–H groups in total. The number of ether oxygens (including phenoxy) is 1. The van der Waals surface area contributed by atoms with E-state index in [9.17, 15) is 23.1 Å². The van der Waals surface area contributed by atoms with Crippen molar-refractivity contribution in [1.82, 2.24) is 18.9 Å². The van der Waals surface area contributed by atoms with Gasteiger partial charge in [0.1, 0.15) is 22.1 Å². The number of aromatic nitrogens is 3. The molecule has 0 aliphatic carbocycles. The van der Waals surface area contributed by atoms with Gasteiger partial charge < -0.3 is 19.6 Å². The van der Waals surface area contributed by atoms with Crippen molar-refractivity contribution in [3.05, 3.63) is 59.4 Å². The third-order valence-corrected chi connectivity index (χ3v) is 8.97. The molecule has 1 fully saturated rings. The number of piperazine rings is 1. The van der Waals surface area contributed by atoms with E-state index in [4.69, 9.17) is 16.3 Å². The standard InChI is InChI=1S/C29H34ClN5O6S/c1-29(2,3)41-28(38)35-23-8-7-21(30)17-20(23)18-27(35)42(39,40)16-10-26(37)33-13-11-32(12-14-33)25-6-4-5-24-31-22(9-15-36)19-34(24)25/h4-8,17-19,36H,9-16H2,1-3H3. The molecule has 0 bridgehead atoms. The first-order valence-corrected chi connectivity index (χ1v) is 15.8. The lowest BCUT2D eigenvalue weighted by molar-refractivity contribution is -0.131. The number of imidazole rings is 1. The summed E-state index contributed by atoms with van der Waals surface area (Å²) in [7, 11) is -4.05. The molecule has 1 aromatic carbocycles. The summed E-state index contributed by atoms with van der Waals surface area (Å²) in [5.74, 6) is 0.210. The number of carbonyl (C=O) groups excluding carboxylic acids is 2. The summed E-state index contributed by atoms with van der Waals surface area (Å²) < 4.78 is 35.5. The van der Waals surface area contributed by atoms with Crippen molar-refractivity contribution < 1.29 is 27.9 Å². The minimum Gasteiger partial charge on any atom is -0.443 e. The van der Waals surface area contributed by atoms with Crippen LogP contribution in [0.4, 0.5) is 10.6 Å². The highest BCUT2D eigenvalue weighted by atomic mass is 35.5. The van der Waals surface area contributed by atoms with Crippen LogP contribution in [0, 0.1) is 0 Å². The number of hydrogen-bond donors (Lipinski definition) is 1. The maximum Gasteiger partial charge on any atom is 0.420 e. The molecule has 11 nitrogen and oxygen atoms in total. The number of hydrogen-bond acceptors (Lipinski definition) is 8. The van der Waals surface area contributed by atoms with Crippen molar-refractivity contribution in [2.75, 3.05) is 43.4 Å². The molecule has 0 atom stereocenters. The topological polar surface area (TPSA) is 126 Å². The maximum absolute atomic E-state index is 13.5. The van der Waals surface area contributed by atoms with Gasteiger partial charge in [0.25, 0.3) is 0 Å². The van der Waals surface area contributed by atoms with Crippen LogP contribution in [0.1, 0.15) is 32.9 Å². The van der Waals surface area contributed by atoms with Crippen LogP contribution in [-0.4, -0.2) is 88.5 Å². The van der Waals surface area contributed by atoms with Gasteiger partial charge in [-0.1, -0.05) is 17.7 Å². The predicted molar refractivity (Wildman–Crippen MR) is 160 cm³/mol. The summed E-state index contributed by atoms with van der Waals surface area (Å²) in [5, 5.41) is 9.90. The maximum atomic E-state index is 13.5. The van der Waals surface area contributed by atoms with Gasteiger partial charge in [0.05, 0.1) is 17.0 Å². The molecule has 0 spiro atoms. The molecule has 1 aliphatic heterocycles. The molecular weight excluding hydrogens is 582 g/mol. The van der Waals surface area contributed by atoms with Gasteiger partial charge in [-0.15, -0.1) is 0 Å². The van der Waals surface area contributed by atoms with E-state index >= 15 is 0 Å². The second kappa shape index (κ2) is 11.6. The number of benzene rings is 1. The zero-order valence-electron chi connectivity index (χ0n) is 23.8. The fraction of sp³-hybridized carbons (Fsp3) is 0.414. The van der Waals surface area contributed by atoms with Gasteiger partial charge >= 0.3 is 6.09 Å². The summed E-state index contributed by atoms with van der Waals surface area (Å²) in [4.78, 5) is 34.6. The van der Waals surface area contributed by atoms with Gasteiger partial charge in [-0.3, -0.25) is 9.20 Å². The second-order valence-corrected chi connectivity index (χ2v) is 13.7. The molecule has 1 aliphatic rings.